The van der Waals surface area contributed by atoms with Gasteiger partial charge >= 0.3 is 0 Å². The number of hydrogen-bond acceptors (Lipinski definition) is 2. The van der Waals surface area contributed by atoms with Gasteiger partial charge in [0.05, 0.1) is 6.26 Å². The number of rotatable bonds is 4. The quantitative estimate of drug-likeness (QED) is 0.830. The number of benzene rings is 1. The zero-order chi connectivity index (χ0) is 10.6. The van der Waals surface area contributed by atoms with Crippen LogP contribution in [-0.2, 0) is 6.42 Å². The molecule has 0 saturated heterocycles. The molecule has 5 heteroatoms. The molecule has 0 aliphatic rings. The maximum Gasteiger partial charge on any atom is 0.0823 e. The Bertz CT molecular complexity index is 284. The van der Waals surface area contributed by atoms with Gasteiger partial charge in [-0.25, -0.2) is 0 Å². The van der Waals surface area contributed by atoms with Gasteiger partial charge in [0, 0.05) is 11.0 Å². The first-order valence-electron chi connectivity index (χ1n) is 4.22. The van der Waals surface area contributed by atoms with E-state index < -0.39 is 10.8 Å². The highest BCUT2D eigenvalue weighted by Crippen LogP contribution is 2.26. The summed E-state index contributed by atoms with van der Waals surface area (Å²) in [6.45, 7) is 0.632. The molecule has 0 aromatic heterocycles. The Morgan fingerprint density at radius 1 is 1.43 bits per heavy atom. The molecule has 1 aromatic rings. The Morgan fingerprint density at radius 3 is 2.50 bits per heavy atom. The minimum absolute atomic E-state index is 0.632. The topological polar surface area (TPSA) is 55.2 Å². The van der Waals surface area contributed by atoms with E-state index in [0.29, 0.717) is 6.54 Å². The molecule has 14 heavy (non-hydrogen) atoms. The largest absolute Gasteiger partial charge is 0.315 e. The lowest BCUT2D eigenvalue weighted by Crippen LogP contribution is -2.21. The summed E-state index contributed by atoms with van der Waals surface area (Å²) in [6.07, 6.45) is 2.32. The van der Waals surface area contributed by atoms with Crippen LogP contribution in [0.2, 0.25) is 0 Å². The Labute approximate surface area is 94.1 Å². The lowest BCUT2D eigenvalue weighted by atomic mass is 10.2. The standard InChI is InChI=1S/C9H14BrNO2S/c1-14(12,13)11-7-6-8-2-4-9(10)5-3-8/h2-5,11-13H,6-7H2,1H3/p+1. The zero-order valence-electron chi connectivity index (χ0n) is 7.96. The third-order valence-corrected chi connectivity index (χ3v) is 3.00. The molecule has 3 nitrogen and oxygen atoms in total. The number of halogens is 1. The molecule has 1 unspecified atom stereocenters. The van der Waals surface area contributed by atoms with Crippen molar-refractivity contribution >= 4 is 26.7 Å². The van der Waals surface area contributed by atoms with Gasteiger partial charge in [0.1, 0.15) is 0 Å². The monoisotopic (exact) mass is 280 g/mol. The van der Waals surface area contributed by atoms with Crippen molar-refractivity contribution in [3.63, 3.8) is 0 Å². The van der Waals surface area contributed by atoms with Gasteiger partial charge in [-0.05, 0) is 24.1 Å². The van der Waals surface area contributed by atoms with Crippen LogP contribution in [0.3, 0.4) is 0 Å². The first-order valence-corrected chi connectivity index (χ1v) is 7.01. The second kappa shape index (κ2) is 5.14. The fraction of sp³-hybridized carbons (Fsp3) is 0.333. The van der Waals surface area contributed by atoms with Gasteiger partial charge in [0.2, 0.25) is 0 Å². The number of hydrogen-bond donors (Lipinski definition) is 2. The van der Waals surface area contributed by atoms with E-state index in [1.165, 1.54) is 11.8 Å². The summed E-state index contributed by atoms with van der Waals surface area (Å²) >= 11 is 3.36. The Morgan fingerprint density at radius 2 is 2.00 bits per heavy atom. The van der Waals surface area contributed by atoms with Crippen LogP contribution >= 0.6 is 26.7 Å². The van der Waals surface area contributed by atoms with Gasteiger partial charge in [0.15, 0.2) is 0 Å². The summed E-state index contributed by atoms with van der Waals surface area (Å²) in [5.74, 6) is 0. The van der Waals surface area contributed by atoms with Crippen LogP contribution in [0, 0.1) is 0 Å². The second-order valence-corrected chi connectivity index (χ2v) is 6.10. The molecule has 0 spiro atoms. The predicted molar refractivity (Wildman–Crippen MR) is 65.6 cm³/mol. The SMILES string of the molecule is CS(O)([OH2+])NCCc1ccc(Br)cc1. The van der Waals surface area contributed by atoms with E-state index in [1.807, 2.05) is 24.3 Å². The molecule has 0 saturated carbocycles. The lowest BCUT2D eigenvalue weighted by Gasteiger charge is -2.22. The van der Waals surface area contributed by atoms with Crippen molar-refractivity contribution < 1.29 is 9.11 Å². The van der Waals surface area contributed by atoms with Crippen molar-refractivity contribution in [2.45, 2.75) is 6.42 Å². The molecule has 1 aromatic carbocycles. The van der Waals surface area contributed by atoms with Gasteiger partial charge in [-0.2, -0.15) is 4.72 Å². The van der Waals surface area contributed by atoms with Crippen molar-refractivity contribution in [3.05, 3.63) is 34.3 Å². The summed E-state index contributed by atoms with van der Waals surface area (Å²) in [6, 6.07) is 8.03. The van der Waals surface area contributed by atoms with E-state index in [-0.39, 0.29) is 0 Å². The van der Waals surface area contributed by atoms with Gasteiger partial charge in [-0.3, -0.25) is 4.55 Å². The summed E-state index contributed by atoms with van der Waals surface area (Å²) in [5, 5.41) is 0. The fourth-order valence-corrected chi connectivity index (χ4v) is 1.81. The minimum atomic E-state index is -2.31. The third-order valence-electron chi connectivity index (χ3n) is 1.71. The molecule has 0 fully saturated rings. The zero-order valence-corrected chi connectivity index (χ0v) is 10.4. The highest BCUT2D eigenvalue weighted by molar-refractivity contribution is 9.10. The van der Waals surface area contributed by atoms with E-state index in [2.05, 4.69) is 20.7 Å². The summed E-state index contributed by atoms with van der Waals surface area (Å²) in [5.41, 5.74) is 1.20. The molecule has 4 N–H and O–H groups in total. The van der Waals surface area contributed by atoms with Crippen LogP contribution in [-0.4, -0.2) is 21.9 Å². The molecule has 0 amide bonds. The van der Waals surface area contributed by atoms with Crippen LogP contribution in [0.1, 0.15) is 5.56 Å². The van der Waals surface area contributed by atoms with Crippen molar-refractivity contribution in [1.29, 1.82) is 0 Å². The molecular formula is C9H15BrNO2S+. The average molecular weight is 281 g/mol. The fourth-order valence-electron chi connectivity index (χ4n) is 1.05. The van der Waals surface area contributed by atoms with Crippen molar-refractivity contribution in [1.82, 2.24) is 4.72 Å². The van der Waals surface area contributed by atoms with Crippen molar-refractivity contribution in [3.8, 4) is 0 Å². The summed E-state index contributed by atoms with van der Waals surface area (Å²) < 4.78 is 20.3. The molecule has 1 rings (SSSR count). The Balaban J connectivity index is 2.35. The molecule has 0 heterocycles. The van der Waals surface area contributed by atoms with Crippen LogP contribution in [0.5, 0.6) is 0 Å². The van der Waals surface area contributed by atoms with Crippen LogP contribution in [0.25, 0.3) is 0 Å². The maximum atomic E-state index is 9.17. The molecular weight excluding hydrogens is 266 g/mol. The Kier molecular flexibility index (Phi) is 4.40. The first-order chi connectivity index (χ1) is 6.47. The minimum Gasteiger partial charge on any atom is -0.315 e. The lowest BCUT2D eigenvalue weighted by molar-refractivity contribution is 0.478. The first kappa shape index (κ1) is 12.0. The molecule has 0 aliphatic carbocycles. The molecule has 0 bridgehead atoms. The second-order valence-electron chi connectivity index (χ2n) is 3.15. The van der Waals surface area contributed by atoms with Crippen LogP contribution in [0.15, 0.2) is 28.7 Å². The highest BCUT2D eigenvalue weighted by Gasteiger charge is 2.05. The maximum absolute atomic E-state index is 9.17. The van der Waals surface area contributed by atoms with Gasteiger partial charge < -0.3 is 4.55 Å². The average Bonchev–Trinajstić information content (AvgIpc) is 2.06. The normalized spacial score (nSPS) is 17.4. The molecule has 80 valence electrons. The molecule has 0 radical (unpaired) electrons. The molecule has 1 atom stereocenters. The van der Waals surface area contributed by atoms with E-state index in [0.717, 1.165) is 10.9 Å². The summed E-state index contributed by atoms with van der Waals surface area (Å²) in [4.78, 5) is 0. The van der Waals surface area contributed by atoms with E-state index >= 15 is 0 Å². The summed E-state index contributed by atoms with van der Waals surface area (Å²) in [7, 11) is -2.31. The van der Waals surface area contributed by atoms with Crippen LogP contribution in [0.4, 0.5) is 0 Å². The van der Waals surface area contributed by atoms with E-state index in [1.54, 1.807) is 0 Å². The molecule has 0 aliphatic heterocycles. The van der Waals surface area contributed by atoms with E-state index in [4.69, 9.17) is 4.55 Å². The van der Waals surface area contributed by atoms with Gasteiger partial charge in [-0.1, -0.05) is 38.8 Å². The van der Waals surface area contributed by atoms with Crippen molar-refractivity contribution in [2.24, 2.45) is 0 Å². The van der Waals surface area contributed by atoms with E-state index in [9.17, 15) is 4.55 Å². The predicted octanol–water partition coefficient (Wildman–Crippen LogP) is 2.04. The highest BCUT2D eigenvalue weighted by atomic mass is 79.9. The van der Waals surface area contributed by atoms with Gasteiger partial charge in [-0.15, -0.1) is 0 Å². The number of nitrogens with one attached hydrogen (secondary N) is 1. The third kappa shape index (κ3) is 4.97. The smallest absolute Gasteiger partial charge is 0.0823 e. The van der Waals surface area contributed by atoms with Crippen molar-refractivity contribution in [2.75, 3.05) is 12.8 Å². The Hall–Kier alpha value is -0.0700. The van der Waals surface area contributed by atoms with Crippen LogP contribution < -0.4 is 4.72 Å². The van der Waals surface area contributed by atoms with Gasteiger partial charge in [0.25, 0.3) is 0 Å².